The molecule has 0 radical (unpaired) electrons. The number of pyridine rings is 1. The lowest BCUT2D eigenvalue weighted by atomic mass is 9.84. The number of halogens is 1. The molecule has 0 spiro atoms. The van der Waals surface area contributed by atoms with Gasteiger partial charge in [-0.1, -0.05) is 18.2 Å². The number of nitrogens with zero attached hydrogens (tertiary/aromatic N) is 1. The van der Waals surface area contributed by atoms with E-state index in [0.29, 0.717) is 12.8 Å². The van der Waals surface area contributed by atoms with Crippen LogP contribution in [-0.4, -0.2) is 18.1 Å². The van der Waals surface area contributed by atoms with Gasteiger partial charge in [0.25, 0.3) is 0 Å². The van der Waals surface area contributed by atoms with Gasteiger partial charge in [-0.15, -0.1) is 0 Å². The average Bonchev–Trinajstić information content (AvgIpc) is 2.39. The highest BCUT2D eigenvalue weighted by Crippen LogP contribution is 2.38. The Labute approximate surface area is 99.9 Å². The van der Waals surface area contributed by atoms with Crippen LogP contribution < -0.4 is 5.32 Å². The minimum absolute atomic E-state index is 0.550. The van der Waals surface area contributed by atoms with Gasteiger partial charge in [-0.05, 0) is 42.9 Å². The van der Waals surface area contributed by atoms with Gasteiger partial charge < -0.3 is 5.32 Å². The molecule has 2 heterocycles. The lowest BCUT2D eigenvalue weighted by Gasteiger charge is -2.31. The minimum atomic E-state index is -1.19. The Morgan fingerprint density at radius 3 is 2.82 bits per heavy atom. The van der Waals surface area contributed by atoms with Crippen LogP contribution in [0.1, 0.15) is 18.4 Å². The Kier molecular flexibility index (Phi) is 2.56. The molecule has 1 aromatic carbocycles. The fraction of sp³-hybridized carbons (Fsp3) is 0.357. The van der Waals surface area contributed by atoms with Gasteiger partial charge in [0.1, 0.15) is 5.67 Å². The van der Waals surface area contributed by atoms with Gasteiger partial charge in [-0.3, -0.25) is 4.98 Å². The Morgan fingerprint density at radius 1 is 1.18 bits per heavy atom. The molecule has 3 rings (SSSR count). The van der Waals surface area contributed by atoms with Gasteiger partial charge in [0, 0.05) is 17.8 Å². The summed E-state index contributed by atoms with van der Waals surface area (Å²) >= 11 is 0. The Bertz CT molecular complexity index is 527. The van der Waals surface area contributed by atoms with Crippen LogP contribution >= 0.6 is 0 Å². The third-order valence-electron chi connectivity index (χ3n) is 3.56. The van der Waals surface area contributed by atoms with Crippen molar-refractivity contribution in [2.75, 3.05) is 13.1 Å². The van der Waals surface area contributed by atoms with E-state index < -0.39 is 5.67 Å². The maximum absolute atomic E-state index is 15.0. The number of fused-ring (bicyclic) bond motifs is 1. The third kappa shape index (κ3) is 1.80. The number of hydrogen-bond acceptors (Lipinski definition) is 2. The van der Waals surface area contributed by atoms with Crippen LogP contribution in [0, 0.1) is 0 Å². The van der Waals surface area contributed by atoms with Crippen molar-refractivity contribution in [2.24, 2.45) is 0 Å². The normalized spacial score (nSPS) is 19.4. The van der Waals surface area contributed by atoms with Gasteiger partial charge in [0.05, 0.1) is 0 Å². The Hall–Kier alpha value is -1.48. The molecule has 0 unspecified atom stereocenters. The van der Waals surface area contributed by atoms with E-state index >= 15 is 0 Å². The number of aromatic nitrogens is 1. The maximum Gasteiger partial charge on any atom is 0.139 e. The molecule has 88 valence electrons. The van der Waals surface area contributed by atoms with Crippen molar-refractivity contribution in [1.29, 1.82) is 0 Å². The molecule has 0 amide bonds. The molecule has 0 saturated carbocycles. The second-order valence-corrected chi connectivity index (χ2v) is 4.62. The lowest BCUT2D eigenvalue weighted by Crippen LogP contribution is -2.36. The van der Waals surface area contributed by atoms with Crippen LogP contribution in [0.3, 0.4) is 0 Å². The molecule has 2 nitrogen and oxygen atoms in total. The molecule has 1 fully saturated rings. The molecular weight excluding hydrogens is 215 g/mol. The van der Waals surface area contributed by atoms with Crippen molar-refractivity contribution in [3.05, 3.63) is 42.2 Å². The van der Waals surface area contributed by atoms with Gasteiger partial charge in [-0.25, -0.2) is 4.39 Å². The van der Waals surface area contributed by atoms with Crippen LogP contribution in [0.5, 0.6) is 0 Å². The van der Waals surface area contributed by atoms with Crippen molar-refractivity contribution in [3.63, 3.8) is 0 Å². The second-order valence-electron chi connectivity index (χ2n) is 4.62. The summed E-state index contributed by atoms with van der Waals surface area (Å²) in [5.74, 6) is 0. The first kappa shape index (κ1) is 10.7. The van der Waals surface area contributed by atoms with Crippen molar-refractivity contribution >= 4 is 10.8 Å². The molecule has 1 aliphatic heterocycles. The zero-order chi connectivity index (χ0) is 11.7. The van der Waals surface area contributed by atoms with Crippen molar-refractivity contribution < 1.29 is 4.39 Å². The third-order valence-corrected chi connectivity index (χ3v) is 3.56. The highest BCUT2D eigenvalue weighted by molar-refractivity contribution is 5.85. The summed E-state index contributed by atoms with van der Waals surface area (Å²) in [6.45, 7) is 1.50. The van der Waals surface area contributed by atoms with E-state index in [1.54, 1.807) is 12.4 Å². The van der Waals surface area contributed by atoms with Crippen molar-refractivity contribution in [2.45, 2.75) is 18.5 Å². The fourth-order valence-electron chi connectivity index (χ4n) is 2.61. The summed E-state index contributed by atoms with van der Waals surface area (Å²) in [5.41, 5.74) is -0.370. The summed E-state index contributed by atoms with van der Waals surface area (Å²) in [5, 5.41) is 5.21. The molecule has 3 heteroatoms. The van der Waals surface area contributed by atoms with Crippen LogP contribution in [0.15, 0.2) is 36.7 Å². The predicted molar refractivity (Wildman–Crippen MR) is 66.6 cm³/mol. The number of hydrogen-bond donors (Lipinski definition) is 1. The largest absolute Gasteiger partial charge is 0.316 e. The number of rotatable bonds is 1. The molecule has 1 saturated heterocycles. The van der Waals surface area contributed by atoms with Crippen LogP contribution in [-0.2, 0) is 5.67 Å². The SMILES string of the molecule is FC1(c2cccc3cnccc23)CCNCC1. The topological polar surface area (TPSA) is 24.9 Å². The first-order valence-electron chi connectivity index (χ1n) is 6.02. The molecule has 1 N–H and O–H groups in total. The van der Waals surface area contributed by atoms with E-state index in [2.05, 4.69) is 10.3 Å². The summed E-state index contributed by atoms with van der Waals surface area (Å²) in [7, 11) is 0. The zero-order valence-corrected chi connectivity index (χ0v) is 9.62. The van der Waals surface area contributed by atoms with Crippen LogP contribution in [0.4, 0.5) is 4.39 Å². The van der Waals surface area contributed by atoms with E-state index in [-0.39, 0.29) is 0 Å². The summed E-state index contributed by atoms with van der Waals surface area (Å²) in [6, 6.07) is 7.72. The number of alkyl halides is 1. The monoisotopic (exact) mass is 230 g/mol. The average molecular weight is 230 g/mol. The maximum atomic E-state index is 15.0. The lowest BCUT2D eigenvalue weighted by molar-refractivity contribution is 0.117. The van der Waals surface area contributed by atoms with Crippen molar-refractivity contribution in [1.82, 2.24) is 10.3 Å². The van der Waals surface area contributed by atoms with Crippen molar-refractivity contribution in [3.8, 4) is 0 Å². The molecule has 1 aliphatic rings. The highest BCUT2D eigenvalue weighted by atomic mass is 19.1. The molecular formula is C14H15FN2. The number of nitrogens with one attached hydrogen (secondary N) is 1. The standard InChI is InChI=1S/C14H15FN2/c15-14(5-8-16-9-6-14)13-3-1-2-11-10-17-7-4-12(11)13/h1-4,7,10,16H,5-6,8-9H2. The number of piperidine rings is 1. The Balaban J connectivity index is 2.16. The first-order valence-corrected chi connectivity index (χ1v) is 6.02. The molecule has 17 heavy (non-hydrogen) atoms. The molecule has 1 aromatic heterocycles. The van der Waals surface area contributed by atoms with E-state index in [0.717, 1.165) is 29.4 Å². The zero-order valence-electron chi connectivity index (χ0n) is 9.62. The molecule has 0 atom stereocenters. The summed E-state index contributed by atoms with van der Waals surface area (Å²) < 4.78 is 15.0. The number of benzene rings is 1. The first-order chi connectivity index (χ1) is 8.30. The quantitative estimate of drug-likeness (QED) is 0.814. The van der Waals surface area contributed by atoms with E-state index in [9.17, 15) is 4.39 Å². The Morgan fingerprint density at radius 2 is 2.00 bits per heavy atom. The van der Waals surface area contributed by atoms with E-state index in [4.69, 9.17) is 0 Å². The smallest absolute Gasteiger partial charge is 0.139 e. The molecule has 0 bridgehead atoms. The predicted octanol–water partition coefficient (Wildman–Crippen LogP) is 2.78. The summed E-state index contributed by atoms with van der Waals surface area (Å²) in [6.07, 6.45) is 4.63. The van der Waals surface area contributed by atoms with Gasteiger partial charge in [0.15, 0.2) is 0 Å². The van der Waals surface area contributed by atoms with Gasteiger partial charge in [0.2, 0.25) is 0 Å². The van der Waals surface area contributed by atoms with E-state index in [1.807, 2.05) is 24.3 Å². The molecule has 0 aliphatic carbocycles. The molecule has 2 aromatic rings. The van der Waals surface area contributed by atoms with Gasteiger partial charge in [-0.2, -0.15) is 0 Å². The van der Waals surface area contributed by atoms with Gasteiger partial charge >= 0.3 is 0 Å². The van der Waals surface area contributed by atoms with Crippen LogP contribution in [0.2, 0.25) is 0 Å². The second kappa shape index (κ2) is 4.08. The van der Waals surface area contributed by atoms with Crippen LogP contribution in [0.25, 0.3) is 10.8 Å². The van der Waals surface area contributed by atoms with E-state index in [1.165, 1.54) is 0 Å². The fourth-order valence-corrected chi connectivity index (χ4v) is 2.61. The summed E-state index contributed by atoms with van der Waals surface area (Å²) in [4.78, 5) is 4.09. The highest BCUT2D eigenvalue weighted by Gasteiger charge is 2.34. The minimum Gasteiger partial charge on any atom is -0.316 e.